The van der Waals surface area contributed by atoms with Gasteiger partial charge in [0.2, 0.25) is 0 Å². The lowest BCUT2D eigenvalue weighted by molar-refractivity contribution is -0.141. The molecule has 1 unspecified atom stereocenters. The van der Waals surface area contributed by atoms with Crippen molar-refractivity contribution in [2.24, 2.45) is 5.92 Å². The highest BCUT2D eigenvalue weighted by Gasteiger charge is 2.31. The summed E-state index contributed by atoms with van der Waals surface area (Å²) in [6.45, 7) is 5.09. The Hall–Kier alpha value is -0.220. The molecule has 0 radical (unpaired) electrons. The van der Waals surface area contributed by atoms with Gasteiger partial charge >= 0.3 is 5.97 Å². The average molecular weight is 189 g/mol. The quantitative estimate of drug-likeness (QED) is 0.682. The van der Waals surface area contributed by atoms with E-state index < -0.39 is 5.97 Å². The molecule has 0 spiro atoms. The van der Waals surface area contributed by atoms with E-state index >= 15 is 0 Å². The molecule has 70 valence electrons. The van der Waals surface area contributed by atoms with Crippen LogP contribution in [0.5, 0.6) is 0 Å². The summed E-state index contributed by atoms with van der Waals surface area (Å²) in [7, 11) is 0. The Balaban J connectivity index is 2.46. The maximum atomic E-state index is 10.7. The first kappa shape index (κ1) is 9.86. The number of nitrogens with zero attached hydrogens (tertiary/aromatic N) is 1. The second-order valence-electron chi connectivity index (χ2n) is 3.47. The van der Waals surface area contributed by atoms with Gasteiger partial charge in [-0.3, -0.25) is 4.79 Å². The van der Waals surface area contributed by atoms with E-state index in [2.05, 4.69) is 13.8 Å². The Kier molecular flexibility index (Phi) is 3.40. The zero-order valence-electron chi connectivity index (χ0n) is 7.49. The van der Waals surface area contributed by atoms with Crippen LogP contribution in [0.25, 0.3) is 0 Å². The van der Waals surface area contributed by atoms with Crippen molar-refractivity contribution in [3.05, 3.63) is 0 Å². The zero-order chi connectivity index (χ0) is 9.14. The van der Waals surface area contributed by atoms with Gasteiger partial charge in [-0.2, -0.15) is 0 Å². The van der Waals surface area contributed by atoms with Crippen molar-refractivity contribution < 1.29 is 9.90 Å². The standard InChI is InChI=1S/C8H15NO2S/c1-6(2)5-9-7(8(10)11)3-4-12-9/h6-7H,3-5H2,1-2H3,(H,10,11). The molecule has 0 aromatic heterocycles. The van der Waals surface area contributed by atoms with Crippen molar-refractivity contribution in [3.63, 3.8) is 0 Å². The van der Waals surface area contributed by atoms with Crippen molar-refractivity contribution in [1.82, 2.24) is 4.31 Å². The van der Waals surface area contributed by atoms with Gasteiger partial charge in [0.25, 0.3) is 0 Å². The molecule has 1 aliphatic heterocycles. The molecule has 3 nitrogen and oxygen atoms in total. The first-order valence-electron chi connectivity index (χ1n) is 4.23. The van der Waals surface area contributed by atoms with Crippen LogP contribution in [0.3, 0.4) is 0 Å². The highest BCUT2D eigenvalue weighted by Crippen LogP contribution is 2.27. The minimum atomic E-state index is -0.680. The molecular weight excluding hydrogens is 174 g/mol. The van der Waals surface area contributed by atoms with Gasteiger partial charge in [0.15, 0.2) is 0 Å². The normalized spacial score (nSPS) is 25.1. The maximum absolute atomic E-state index is 10.7. The fraction of sp³-hybridized carbons (Fsp3) is 0.875. The van der Waals surface area contributed by atoms with Crippen LogP contribution in [0, 0.1) is 5.92 Å². The first-order chi connectivity index (χ1) is 5.61. The molecule has 1 aliphatic rings. The molecule has 1 fully saturated rings. The van der Waals surface area contributed by atoms with Gasteiger partial charge in [-0.05, 0) is 12.3 Å². The summed E-state index contributed by atoms with van der Waals surface area (Å²) in [6, 6.07) is -0.252. The first-order valence-corrected chi connectivity index (χ1v) is 5.18. The van der Waals surface area contributed by atoms with Crippen LogP contribution in [-0.2, 0) is 4.79 Å². The minimum absolute atomic E-state index is 0.252. The second-order valence-corrected chi connectivity index (χ2v) is 4.60. The zero-order valence-corrected chi connectivity index (χ0v) is 8.30. The molecule has 1 N–H and O–H groups in total. The predicted octanol–water partition coefficient (Wildman–Crippen LogP) is 1.45. The van der Waals surface area contributed by atoms with Crippen LogP contribution >= 0.6 is 11.9 Å². The van der Waals surface area contributed by atoms with E-state index in [1.54, 1.807) is 11.9 Å². The summed E-state index contributed by atoms with van der Waals surface area (Å²) in [6.07, 6.45) is 0.784. The molecule has 1 atom stereocenters. The van der Waals surface area contributed by atoms with Crippen LogP contribution in [-0.4, -0.2) is 33.7 Å². The number of carbonyl (C=O) groups is 1. The average Bonchev–Trinajstić information content (AvgIpc) is 2.33. The van der Waals surface area contributed by atoms with E-state index in [1.807, 2.05) is 4.31 Å². The van der Waals surface area contributed by atoms with E-state index in [0.717, 1.165) is 18.7 Å². The third-order valence-corrected chi connectivity index (χ3v) is 2.98. The summed E-state index contributed by atoms with van der Waals surface area (Å²) in [5, 5.41) is 8.84. The fourth-order valence-electron chi connectivity index (χ4n) is 1.30. The summed E-state index contributed by atoms with van der Waals surface area (Å²) in [5.41, 5.74) is 0. The van der Waals surface area contributed by atoms with Crippen LogP contribution in [0.2, 0.25) is 0 Å². The molecule has 0 aromatic carbocycles. The smallest absolute Gasteiger partial charge is 0.321 e. The monoisotopic (exact) mass is 189 g/mol. The van der Waals surface area contributed by atoms with Gasteiger partial charge in [0.1, 0.15) is 6.04 Å². The van der Waals surface area contributed by atoms with Gasteiger partial charge in [-0.15, -0.1) is 0 Å². The van der Waals surface area contributed by atoms with E-state index in [9.17, 15) is 4.79 Å². The van der Waals surface area contributed by atoms with Gasteiger partial charge in [-0.25, -0.2) is 4.31 Å². The van der Waals surface area contributed by atoms with Crippen LogP contribution < -0.4 is 0 Å². The van der Waals surface area contributed by atoms with Crippen LogP contribution in [0.1, 0.15) is 20.3 Å². The fourth-order valence-corrected chi connectivity index (χ4v) is 2.64. The van der Waals surface area contributed by atoms with E-state index in [4.69, 9.17) is 5.11 Å². The summed E-state index contributed by atoms with van der Waals surface area (Å²) in [4.78, 5) is 10.7. The highest BCUT2D eigenvalue weighted by molar-refractivity contribution is 7.97. The summed E-state index contributed by atoms with van der Waals surface area (Å²) >= 11 is 1.66. The van der Waals surface area contributed by atoms with E-state index in [-0.39, 0.29) is 6.04 Å². The number of aliphatic carboxylic acids is 1. The SMILES string of the molecule is CC(C)CN1SCCC1C(=O)O. The van der Waals surface area contributed by atoms with Crippen LogP contribution in [0.15, 0.2) is 0 Å². The molecule has 0 bridgehead atoms. The maximum Gasteiger partial charge on any atom is 0.321 e. The molecule has 0 amide bonds. The molecule has 4 heteroatoms. The van der Waals surface area contributed by atoms with Gasteiger partial charge in [-0.1, -0.05) is 25.8 Å². The van der Waals surface area contributed by atoms with Crippen LogP contribution in [0.4, 0.5) is 0 Å². The molecule has 1 saturated heterocycles. The lowest BCUT2D eigenvalue weighted by atomic mass is 10.2. The number of carboxylic acid groups (broad SMARTS) is 1. The van der Waals surface area contributed by atoms with E-state index in [0.29, 0.717) is 5.92 Å². The van der Waals surface area contributed by atoms with Gasteiger partial charge < -0.3 is 5.11 Å². The molecule has 0 aliphatic carbocycles. The Morgan fingerprint density at radius 2 is 2.42 bits per heavy atom. The molecule has 1 rings (SSSR count). The number of carboxylic acids is 1. The summed E-state index contributed by atoms with van der Waals surface area (Å²) < 4.78 is 1.99. The lowest BCUT2D eigenvalue weighted by Crippen LogP contribution is -2.34. The third-order valence-electron chi connectivity index (χ3n) is 1.83. The molecule has 1 heterocycles. The molecular formula is C8H15NO2S. The Labute approximate surface area is 77.3 Å². The summed E-state index contributed by atoms with van der Waals surface area (Å²) in [5.74, 6) is 0.807. The largest absolute Gasteiger partial charge is 0.480 e. The third kappa shape index (κ3) is 2.38. The van der Waals surface area contributed by atoms with Crippen molar-refractivity contribution in [2.75, 3.05) is 12.3 Å². The number of rotatable bonds is 3. The van der Waals surface area contributed by atoms with Crippen molar-refractivity contribution in [2.45, 2.75) is 26.3 Å². The lowest BCUT2D eigenvalue weighted by Gasteiger charge is -2.21. The molecule has 12 heavy (non-hydrogen) atoms. The Morgan fingerprint density at radius 3 is 2.92 bits per heavy atom. The topological polar surface area (TPSA) is 40.5 Å². The van der Waals surface area contributed by atoms with Crippen molar-refractivity contribution in [1.29, 1.82) is 0 Å². The second kappa shape index (κ2) is 4.14. The Bertz CT molecular complexity index is 172. The molecule has 0 saturated carbocycles. The van der Waals surface area contributed by atoms with Crippen molar-refractivity contribution >= 4 is 17.9 Å². The number of hydrogen-bond donors (Lipinski definition) is 1. The Morgan fingerprint density at radius 1 is 1.75 bits per heavy atom. The van der Waals surface area contributed by atoms with Gasteiger partial charge in [0, 0.05) is 12.3 Å². The molecule has 0 aromatic rings. The number of hydrogen-bond acceptors (Lipinski definition) is 3. The minimum Gasteiger partial charge on any atom is -0.480 e. The predicted molar refractivity (Wildman–Crippen MR) is 50.0 cm³/mol. The van der Waals surface area contributed by atoms with Gasteiger partial charge in [0.05, 0.1) is 0 Å². The van der Waals surface area contributed by atoms with E-state index in [1.165, 1.54) is 0 Å². The van der Waals surface area contributed by atoms with Crippen molar-refractivity contribution in [3.8, 4) is 0 Å². The highest BCUT2D eigenvalue weighted by atomic mass is 32.2.